The summed E-state index contributed by atoms with van der Waals surface area (Å²) >= 11 is 0. The average molecular weight is 381 g/mol. The minimum absolute atomic E-state index is 0.280. The first-order valence-electron chi connectivity index (χ1n) is 9.39. The summed E-state index contributed by atoms with van der Waals surface area (Å²) in [7, 11) is 0. The number of carbonyl (C=O) groups is 1. The molecule has 2 aliphatic heterocycles. The molecule has 7 nitrogen and oxygen atoms in total. The third-order valence-corrected chi connectivity index (χ3v) is 5.59. The van der Waals surface area contributed by atoms with Crippen molar-refractivity contribution in [3.8, 4) is 0 Å². The average Bonchev–Trinajstić information content (AvgIpc) is 3.39. The molecule has 3 aromatic rings. The van der Waals surface area contributed by atoms with Gasteiger partial charge < -0.3 is 14.3 Å². The number of nitrogens with one attached hydrogen (secondary N) is 1. The van der Waals surface area contributed by atoms with Gasteiger partial charge in [-0.3, -0.25) is 9.69 Å². The minimum atomic E-state index is -0.397. The van der Waals surface area contributed by atoms with Gasteiger partial charge in [0.05, 0.1) is 12.8 Å². The monoisotopic (exact) mass is 381 g/mol. The van der Waals surface area contributed by atoms with Crippen molar-refractivity contribution >= 4 is 11.6 Å². The molecule has 2 atom stereocenters. The highest BCUT2D eigenvalue weighted by Gasteiger charge is 2.39. The zero-order chi connectivity index (χ0) is 19.1. The molecule has 1 fully saturated rings. The lowest BCUT2D eigenvalue weighted by molar-refractivity contribution is 0.100. The molecule has 1 amide bonds. The second-order valence-corrected chi connectivity index (χ2v) is 7.51. The van der Waals surface area contributed by atoms with Crippen LogP contribution in [0.4, 0.5) is 10.1 Å². The van der Waals surface area contributed by atoms with E-state index >= 15 is 0 Å². The molecular weight excluding hydrogens is 361 g/mol. The molecule has 5 rings (SSSR count). The summed E-state index contributed by atoms with van der Waals surface area (Å²) in [6, 6.07) is 9.72. The van der Waals surface area contributed by atoms with Gasteiger partial charge in [0.1, 0.15) is 17.4 Å². The minimum Gasteiger partial charge on any atom is -0.468 e. The number of fused-ring (bicyclic) bond motifs is 2. The highest BCUT2D eigenvalue weighted by Crippen LogP contribution is 2.33. The van der Waals surface area contributed by atoms with Crippen LogP contribution in [-0.2, 0) is 19.5 Å². The summed E-state index contributed by atoms with van der Waals surface area (Å²) in [6.07, 6.45) is 2.50. The van der Waals surface area contributed by atoms with Crippen LogP contribution in [0.25, 0.3) is 0 Å². The maximum Gasteiger partial charge on any atom is 0.293 e. The van der Waals surface area contributed by atoms with E-state index in [2.05, 4.69) is 20.4 Å². The molecule has 2 aliphatic rings. The van der Waals surface area contributed by atoms with Gasteiger partial charge in [-0.15, -0.1) is 10.2 Å². The Morgan fingerprint density at radius 2 is 2.07 bits per heavy atom. The third-order valence-electron chi connectivity index (χ3n) is 5.59. The molecule has 0 saturated carbocycles. The Bertz CT molecular complexity index is 1000. The van der Waals surface area contributed by atoms with Gasteiger partial charge >= 0.3 is 0 Å². The third kappa shape index (κ3) is 3.20. The molecule has 0 aliphatic carbocycles. The topological polar surface area (TPSA) is 76.2 Å². The lowest BCUT2D eigenvalue weighted by atomic mass is 9.89. The molecular formula is C20H20FN5O2. The molecule has 1 N–H and O–H groups in total. The Morgan fingerprint density at radius 1 is 1.18 bits per heavy atom. The van der Waals surface area contributed by atoms with Crippen molar-refractivity contribution in [1.82, 2.24) is 19.7 Å². The summed E-state index contributed by atoms with van der Waals surface area (Å²) in [4.78, 5) is 15.0. The molecule has 2 aromatic heterocycles. The van der Waals surface area contributed by atoms with Gasteiger partial charge in [-0.2, -0.15) is 0 Å². The first-order valence-corrected chi connectivity index (χ1v) is 9.39. The van der Waals surface area contributed by atoms with Gasteiger partial charge in [0.15, 0.2) is 0 Å². The fourth-order valence-electron chi connectivity index (χ4n) is 4.29. The van der Waals surface area contributed by atoms with Crippen LogP contribution >= 0.6 is 0 Å². The van der Waals surface area contributed by atoms with E-state index in [0.717, 1.165) is 37.6 Å². The lowest BCUT2D eigenvalue weighted by Crippen LogP contribution is -2.31. The number of furan rings is 1. The molecule has 0 radical (unpaired) electrons. The van der Waals surface area contributed by atoms with E-state index in [0.29, 0.717) is 24.1 Å². The number of halogens is 1. The second kappa shape index (κ2) is 6.87. The van der Waals surface area contributed by atoms with E-state index in [1.54, 1.807) is 18.4 Å². The quantitative estimate of drug-likeness (QED) is 0.752. The lowest BCUT2D eigenvalue weighted by Gasteiger charge is -2.25. The Balaban J connectivity index is 1.29. The van der Waals surface area contributed by atoms with Crippen molar-refractivity contribution in [2.45, 2.75) is 19.5 Å². The number of benzene rings is 1. The van der Waals surface area contributed by atoms with Gasteiger partial charge in [-0.05, 0) is 42.2 Å². The molecule has 4 heterocycles. The summed E-state index contributed by atoms with van der Waals surface area (Å²) in [5.41, 5.74) is 0.404. The van der Waals surface area contributed by atoms with Crippen molar-refractivity contribution in [3.05, 3.63) is 65.9 Å². The molecule has 28 heavy (non-hydrogen) atoms. The van der Waals surface area contributed by atoms with Gasteiger partial charge in [-0.25, -0.2) is 4.39 Å². The number of hydrogen-bond donors (Lipinski definition) is 1. The van der Waals surface area contributed by atoms with Crippen molar-refractivity contribution in [3.63, 3.8) is 0 Å². The molecule has 1 aromatic carbocycles. The van der Waals surface area contributed by atoms with E-state index in [4.69, 9.17) is 4.42 Å². The Morgan fingerprint density at radius 3 is 2.89 bits per heavy atom. The van der Waals surface area contributed by atoms with Crippen LogP contribution in [0.3, 0.4) is 0 Å². The zero-order valence-corrected chi connectivity index (χ0v) is 15.2. The van der Waals surface area contributed by atoms with E-state index in [9.17, 15) is 9.18 Å². The van der Waals surface area contributed by atoms with Gasteiger partial charge in [0.25, 0.3) is 5.91 Å². The van der Waals surface area contributed by atoms with Gasteiger partial charge in [0.2, 0.25) is 5.82 Å². The number of nitrogens with zero attached hydrogens (tertiary/aromatic N) is 4. The van der Waals surface area contributed by atoms with Gasteiger partial charge in [0, 0.05) is 31.7 Å². The first kappa shape index (κ1) is 17.1. The van der Waals surface area contributed by atoms with Crippen molar-refractivity contribution < 1.29 is 13.6 Å². The Hall–Kier alpha value is -3.00. The molecule has 0 spiro atoms. The maximum absolute atomic E-state index is 13.4. The number of hydrogen-bond acceptors (Lipinski definition) is 5. The summed E-state index contributed by atoms with van der Waals surface area (Å²) in [5.74, 6) is 2.27. The number of aromatic nitrogens is 3. The van der Waals surface area contributed by atoms with Gasteiger partial charge in [-0.1, -0.05) is 6.07 Å². The standard InChI is InChI=1S/C20H20FN5O2/c21-15-3-1-4-16(8-15)22-20(27)19-24-23-18-7-13-9-25(10-14(13)11-26(18)19)12-17-5-2-6-28-17/h1-6,8,13-14H,7,9-12H2,(H,22,27)/t13-,14+/m0/s1. The molecule has 0 bridgehead atoms. The first-order chi connectivity index (χ1) is 13.7. The molecule has 144 valence electrons. The summed E-state index contributed by atoms with van der Waals surface area (Å²) in [6.45, 7) is 3.46. The van der Waals surface area contributed by atoms with E-state index in [-0.39, 0.29) is 11.7 Å². The largest absolute Gasteiger partial charge is 0.468 e. The van der Waals surface area contributed by atoms with E-state index < -0.39 is 5.82 Å². The Kier molecular flexibility index (Phi) is 4.20. The van der Waals surface area contributed by atoms with Crippen molar-refractivity contribution in [2.75, 3.05) is 18.4 Å². The smallest absolute Gasteiger partial charge is 0.293 e. The van der Waals surface area contributed by atoms with Crippen LogP contribution in [0.5, 0.6) is 0 Å². The normalized spacial score (nSPS) is 21.3. The van der Waals surface area contributed by atoms with Crippen LogP contribution in [-0.4, -0.2) is 38.7 Å². The highest BCUT2D eigenvalue weighted by molar-refractivity contribution is 6.01. The van der Waals surface area contributed by atoms with Crippen LogP contribution in [0, 0.1) is 17.7 Å². The fraction of sp³-hybridized carbons (Fsp3) is 0.350. The number of rotatable bonds is 4. The Labute approximate surface area is 161 Å². The number of carbonyl (C=O) groups excluding carboxylic acids is 1. The predicted octanol–water partition coefficient (Wildman–Crippen LogP) is 2.57. The molecule has 8 heteroatoms. The predicted molar refractivity (Wildman–Crippen MR) is 99.0 cm³/mol. The fourth-order valence-corrected chi connectivity index (χ4v) is 4.29. The number of amides is 1. The van der Waals surface area contributed by atoms with Crippen LogP contribution in [0.15, 0.2) is 47.1 Å². The van der Waals surface area contributed by atoms with Crippen molar-refractivity contribution in [2.24, 2.45) is 11.8 Å². The van der Waals surface area contributed by atoms with Crippen molar-refractivity contribution in [1.29, 1.82) is 0 Å². The van der Waals surface area contributed by atoms with Crippen LogP contribution in [0.1, 0.15) is 22.2 Å². The van der Waals surface area contributed by atoms with Crippen LogP contribution < -0.4 is 5.32 Å². The zero-order valence-electron chi connectivity index (χ0n) is 15.2. The highest BCUT2D eigenvalue weighted by atomic mass is 19.1. The summed E-state index contributed by atoms with van der Waals surface area (Å²) < 4.78 is 20.7. The van der Waals surface area contributed by atoms with E-state index in [1.165, 1.54) is 12.1 Å². The molecule has 1 saturated heterocycles. The SMILES string of the molecule is O=C(Nc1cccc(F)c1)c1nnc2n1C[C@H]1CN(Cc3ccco3)C[C@@H]1C2. The summed E-state index contributed by atoms with van der Waals surface area (Å²) in [5, 5.41) is 11.0. The second-order valence-electron chi connectivity index (χ2n) is 7.51. The molecule has 0 unspecified atom stereocenters. The van der Waals surface area contributed by atoms with Crippen LogP contribution in [0.2, 0.25) is 0 Å². The number of likely N-dealkylation sites (tertiary alicyclic amines) is 1. The van der Waals surface area contributed by atoms with E-state index in [1.807, 2.05) is 16.7 Å². The number of anilines is 1. The maximum atomic E-state index is 13.4.